The molecule has 0 saturated heterocycles. The molecule has 3 aromatic carbocycles. The Morgan fingerprint density at radius 2 is 1.62 bits per heavy atom. The molecule has 0 saturated carbocycles. The lowest BCUT2D eigenvalue weighted by atomic mass is 9.96. The van der Waals surface area contributed by atoms with Gasteiger partial charge in [-0.2, -0.15) is 5.21 Å². The summed E-state index contributed by atoms with van der Waals surface area (Å²) in [6, 6.07) is 28.3. The zero-order valence-electron chi connectivity index (χ0n) is 18.9. The SMILES string of the molecule is CC(Cc1nn[nH]n1)c1ccc(COc2cccc(OCc3ccc4ccccc4n3)c2)cc1. The van der Waals surface area contributed by atoms with Gasteiger partial charge >= 0.3 is 0 Å². The lowest BCUT2D eigenvalue weighted by molar-refractivity contribution is 0.288. The van der Waals surface area contributed by atoms with Crippen molar-refractivity contribution in [2.45, 2.75) is 32.5 Å². The van der Waals surface area contributed by atoms with Crippen LogP contribution in [0.4, 0.5) is 0 Å². The molecule has 0 aliphatic rings. The molecule has 0 bridgehead atoms. The predicted octanol–water partition coefficient (Wildman–Crippen LogP) is 5.25. The third-order valence-corrected chi connectivity index (χ3v) is 5.68. The minimum Gasteiger partial charge on any atom is -0.489 e. The van der Waals surface area contributed by atoms with Crippen molar-refractivity contribution in [3.8, 4) is 11.5 Å². The van der Waals surface area contributed by atoms with Crippen LogP contribution in [0.3, 0.4) is 0 Å². The van der Waals surface area contributed by atoms with Gasteiger partial charge in [0.15, 0.2) is 5.82 Å². The van der Waals surface area contributed by atoms with E-state index in [-0.39, 0.29) is 0 Å². The quantitative estimate of drug-likeness (QED) is 0.329. The van der Waals surface area contributed by atoms with Crippen LogP contribution in [-0.4, -0.2) is 25.6 Å². The molecule has 5 rings (SSSR count). The molecule has 0 amide bonds. The normalized spacial score (nSPS) is 11.9. The van der Waals surface area contributed by atoms with E-state index in [1.54, 1.807) is 0 Å². The van der Waals surface area contributed by atoms with E-state index in [2.05, 4.69) is 68.9 Å². The standard InChI is InChI=1S/C27H25N5O2/c1-19(15-27-29-31-32-30-27)21-11-9-20(10-12-21)17-33-24-6-4-7-25(16-24)34-18-23-14-13-22-5-2-3-8-26(22)28-23/h2-14,16,19H,15,17-18H2,1H3,(H,29,30,31,32). The third kappa shape index (κ3) is 5.38. The van der Waals surface area contributed by atoms with Gasteiger partial charge in [0.1, 0.15) is 24.7 Å². The van der Waals surface area contributed by atoms with Crippen LogP contribution in [0.1, 0.15) is 35.5 Å². The number of nitrogens with one attached hydrogen (secondary N) is 1. The van der Waals surface area contributed by atoms with Crippen molar-refractivity contribution in [3.05, 3.63) is 108 Å². The summed E-state index contributed by atoms with van der Waals surface area (Å²) in [4.78, 5) is 4.66. The van der Waals surface area contributed by atoms with Gasteiger partial charge in [-0.25, -0.2) is 4.98 Å². The summed E-state index contributed by atoms with van der Waals surface area (Å²) in [7, 11) is 0. The van der Waals surface area contributed by atoms with Crippen LogP contribution in [0.15, 0.2) is 84.9 Å². The summed E-state index contributed by atoms with van der Waals surface area (Å²) in [5.74, 6) is 2.54. The fraction of sp³-hybridized carbons (Fsp3) is 0.185. The summed E-state index contributed by atoms with van der Waals surface area (Å²) < 4.78 is 12.0. The van der Waals surface area contributed by atoms with Crippen LogP contribution in [0, 0.1) is 0 Å². The molecule has 0 aliphatic carbocycles. The summed E-state index contributed by atoms with van der Waals surface area (Å²) in [5.41, 5.74) is 4.18. The Kier molecular flexibility index (Phi) is 6.42. The lowest BCUT2D eigenvalue weighted by Gasteiger charge is -2.12. The fourth-order valence-electron chi connectivity index (χ4n) is 3.77. The number of rotatable bonds is 9. The van der Waals surface area contributed by atoms with Gasteiger partial charge < -0.3 is 9.47 Å². The van der Waals surface area contributed by atoms with Crippen LogP contribution in [0.25, 0.3) is 10.9 Å². The lowest BCUT2D eigenvalue weighted by Crippen LogP contribution is -2.02. The van der Waals surface area contributed by atoms with Crippen LogP contribution in [0.5, 0.6) is 11.5 Å². The van der Waals surface area contributed by atoms with E-state index in [1.807, 2.05) is 48.5 Å². The van der Waals surface area contributed by atoms with E-state index in [4.69, 9.17) is 9.47 Å². The number of para-hydroxylation sites is 1. The number of ether oxygens (including phenoxy) is 2. The molecule has 0 radical (unpaired) electrons. The van der Waals surface area contributed by atoms with Crippen molar-refractivity contribution in [2.24, 2.45) is 0 Å². The molecule has 5 aromatic rings. The Morgan fingerprint density at radius 3 is 2.41 bits per heavy atom. The van der Waals surface area contributed by atoms with Crippen LogP contribution < -0.4 is 9.47 Å². The van der Waals surface area contributed by atoms with E-state index in [1.165, 1.54) is 5.56 Å². The van der Waals surface area contributed by atoms with Gasteiger partial charge in [-0.05, 0) is 41.3 Å². The molecule has 1 unspecified atom stereocenters. The summed E-state index contributed by atoms with van der Waals surface area (Å²) in [6.45, 7) is 3.04. The van der Waals surface area contributed by atoms with Crippen LogP contribution in [0.2, 0.25) is 0 Å². The van der Waals surface area contributed by atoms with Crippen molar-refractivity contribution in [2.75, 3.05) is 0 Å². The molecule has 2 heterocycles. The van der Waals surface area contributed by atoms with E-state index >= 15 is 0 Å². The van der Waals surface area contributed by atoms with Gasteiger partial charge in [0.05, 0.1) is 11.2 Å². The fourth-order valence-corrected chi connectivity index (χ4v) is 3.77. The number of pyridine rings is 1. The Bertz CT molecular complexity index is 1350. The van der Waals surface area contributed by atoms with Crippen LogP contribution >= 0.6 is 0 Å². The number of benzene rings is 3. The number of hydrogen-bond donors (Lipinski definition) is 1. The Balaban J connectivity index is 1.15. The molecule has 1 atom stereocenters. The first-order valence-electron chi connectivity index (χ1n) is 11.2. The van der Waals surface area contributed by atoms with E-state index < -0.39 is 0 Å². The van der Waals surface area contributed by atoms with Crippen molar-refractivity contribution >= 4 is 10.9 Å². The maximum absolute atomic E-state index is 6.00. The number of H-pyrrole nitrogens is 1. The molecular formula is C27H25N5O2. The third-order valence-electron chi connectivity index (χ3n) is 5.68. The predicted molar refractivity (Wildman–Crippen MR) is 130 cm³/mol. The molecule has 7 heteroatoms. The number of aromatic nitrogens is 5. The molecule has 2 aromatic heterocycles. The average Bonchev–Trinajstić information content (AvgIpc) is 3.40. The zero-order chi connectivity index (χ0) is 23.2. The molecule has 0 aliphatic heterocycles. The molecule has 0 fully saturated rings. The highest BCUT2D eigenvalue weighted by molar-refractivity contribution is 5.78. The number of fused-ring (bicyclic) bond motifs is 1. The van der Waals surface area contributed by atoms with E-state index in [0.717, 1.165) is 45.9 Å². The second-order valence-electron chi connectivity index (χ2n) is 8.22. The molecule has 0 spiro atoms. The first-order chi connectivity index (χ1) is 16.7. The van der Waals surface area contributed by atoms with E-state index in [9.17, 15) is 0 Å². The number of hydrogen-bond acceptors (Lipinski definition) is 6. The molecule has 7 nitrogen and oxygen atoms in total. The van der Waals surface area contributed by atoms with Gasteiger partial charge in [-0.3, -0.25) is 0 Å². The average molecular weight is 452 g/mol. The highest BCUT2D eigenvalue weighted by Crippen LogP contribution is 2.23. The molecule has 170 valence electrons. The summed E-state index contributed by atoms with van der Waals surface area (Å²) >= 11 is 0. The number of tetrazole rings is 1. The molecule has 34 heavy (non-hydrogen) atoms. The van der Waals surface area contributed by atoms with Crippen molar-refractivity contribution in [1.29, 1.82) is 0 Å². The van der Waals surface area contributed by atoms with Crippen molar-refractivity contribution < 1.29 is 9.47 Å². The van der Waals surface area contributed by atoms with Gasteiger partial charge in [0, 0.05) is 17.9 Å². The van der Waals surface area contributed by atoms with Crippen LogP contribution in [-0.2, 0) is 19.6 Å². The molecular weight excluding hydrogens is 426 g/mol. The second kappa shape index (κ2) is 10.1. The number of nitrogens with zero attached hydrogens (tertiary/aromatic N) is 4. The van der Waals surface area contributed by atoms with Gasteiger partial charge in [-0.15, -0.1) is 10.2 Å². The maximum atomic E-state index is 6.00. The summed E-state index contributed by atoms with van der Waals surface area (Å²) in [6.07, 6.45) is 0.744. The topological polar surface area (TPSA) is 85.8 Å². The first-order valence-corrected chi connectivity index (χ1v) is 11.2. The van der Waals surface area contributed by atoms with Crippen molar-refractivity contribution in [3.63, 3.8) is 0 Å². The minimum absolute atomic E-state index is 0.304. The Morgan fingerprint density at radius 1 is 0.824 bits per heavy atom. The van der Waals surface area contributed by atoms with Gasteiger partial charge in [-0.1, -0.05) is 66.7 Å². The van der Waals surface area contributed by atoms with E-state index in [0.29, 0.717) is 19.1 Å². The van der Waals surface area contributed by atoms with Gasteiger partial charge in [0.2, 0.25) is 0 Å². The highest BCUT2D eigenvalue weighted by atomic mass is 16.5. The Hall–Kier alpha value is -4.26. The zero-order valence-corrected chi connectivity index (χ0v) is 18.9. The maximum Gasteiger partial charge on any atom is 0.175 e. The molecule has 1 N–H and O–H groups in total. The smallest absolute Gasteiger partial charge is 0.175 e. The second-order valence-corrected chi connectivity index (χ2v) is 8.22. The Labute approximate surface area is 197 Å². The first kappa shape index (κ1) is 21.6. The number of aromatic amines is 1. The monoisotopic (exact) mass is 451 g/mol. The summed E-state index contributed by atoms with van der Waals surface area (Å²) in [5, 5.41) is 15.3. The van der Waals surface area contributed by atoms with Crippen molar-refractivity contribution in [1.82, 2.24) is 25.6 Å². The highest BCUT2D eigenvalue weighted by Gasteiger charge is 2.10. The minimum atomic E-state index is 0.304. The largest absolute Gasteiger partial charge is 0.489 e. The van der Waals surface area contributed by atoms with Gasteiger partial charge in [0.25, 0.3) is 0 Å².